The number of likely N-dealkylation sites (N-methyl/N-ethyl adjacent to an activating group) is 1. The van der Waals surface area contributed by atoms with E-state index >= 15 is 0 Å². The first kappa shape index (κ1) is 21.0. The first-order chi connectivity index (χ1) is 13.7. The van der Waals surface area contributed by atoms with Gasteiger partial charge in [-0.05, 0) is 26.3 Å². The fourth-order valence-electron chi connectivity index (χ4n) is 2.64. The summed E-state index contributed by atoms with van der Waals surface area (Å²) in [6.07, 6.45) is 2.06. The van der Waals surface area contributed by atoms with Crippen molar-refractivity contribution in [1.29, 1.82) is 0 Å². The topological polar surface area (TPSA) is 132 Å². The predicted octanol–water partition coefficient (Wildman–Crippen LogP) is 0.724. The molecule has 0 saturated carbocycles. The van der Waals surface area contributed by atoms with E-state index < -0.39 is 7.14 Å². The van der Waals surface area contributed by atoms with Crippen molar-refractivity contribution in [1.82, 2.24) is 29.4 Å². The zero-order chi connectivity index (χ0) is 21.2. The fourth-order valence-corrected chi connectivity index (χ4v) is 3.55. The Morgan fingerprint density at radius 3 is 2.69 bits per heavy atom. The number of aromatic amines is 1. The molecule has 3 heterocycles. The molecule has 0 aliphatic rings. The molecule has 0 saturated heterocycles. The number of hydrogen-bond donors (Lipinski definition) is 2. The number of H-pyrrole nitrogens is 1. The Labute approximate surface area is 168 Å². The summed E-state index contributed by atoms with van der Waals surface area (Å²) < 4.78 is 19.7. The van der Waals surface area contributed by atoms with Crippen LogP contribution in [-0.2, 0) is 11.1 Å². The summed E-state index contributed by atoms with van der Waals surface area (Å²) in [7, 11) is 1.20. The molecule has 0 amide bonds. The largest absolute Gasteiger partial charge is 0.476 e. The van der Waals surface area contributed by atoms with Gasteiger partial charge in [-0.1, -0.05) is 13.0 Å². The van der Waals surface area contributed by atoms with Gasteiger partial charge in [-0.3, -0.25) is 4.57 Å². The number of pyridine rings is 1. The van der Waals surface area contributed by atoms with E-state index in [-0.39, 0.29) is 23.6 Å². The summed E-state index contributed by atoms with van der Waals surface area (Å²) in [5, 5.41) is 0. The third kappa shape index (κ3) is 4.65. The first-order valence-corrected chi connectivity index (χ1v) is 11.6. The van der Waals surface area contributed by atoms with Gasteiger partial charge in [-0.2, -0.15) is 0 Å². The molecule has 29 heavy (non-hydrogen) atoms. The predicted molar refractivity (Wildman–Crippen MR) is 114 cm³/mol. The second kappa shape index (κ2) is 8.34. The van der Waals surface area contributed by atoms with E-state index in [4.69, 9.17) is 10.5 Å². The molecule has 0 aliphatic carbocycles. The van der Waals surface area contributed by atoms with Crippen LogP contribution in [0.4, 0.5) is 5.82 Å². The van der Waals surface area contributed by atoms with Gasteiger partial charge in [0.1, 0.15) is 19.3 Å². The second-order valence-corrected chi connectivity index (χ2v) is 10.4. The summed E-state index contributed by atoms with van der Waals surface area (Å²) in [5.41, 5.74) is 7.26. The molecule has 3 aromatic heterocycles. The molecule has 11 heteroatoms. The third-order valence-electron chi connectivity index (χ3n) is 4.59. The van der Waals surface area contributed by atoms with Crippen LogP contribution in [0.2, 0.25) is 0 Å². The Balaban J connectivity index is 1.89. The Bertz CT molecular complexity index is 1110. The zero-order valence-electron chi connectivity index (χ0n) is 17.0. The third-order valence-corrected chi connectivity index (χ3v) is 6.85. The molecule has 0 aliphatic heterocycles. The van der Waals surface area contributed by atoms with Crippen LogP contribution in [0, 0.1) is 0 Å². The minimum absolute atomic E-state index is 0.110. The number of imidazole rings is 1. The molecule has 0 spiro atoms. The van der Waals surface area contributed by atoms with Crippen LogP contribution in [0.25, 0.3) is 11.2 Å². The van der Waals surface area contributed by atoms with E-state index in [1.165, 1.54) is 4.57 Å². The zero-order valence-corrected chi connectivity index (χ0v) is 17.9. The van der Waals surface area contributed by atoms with Gasteiger partial charge in [0.25, 0.3) is 0 Å². The van der Waals surface area contributed by atoms with Crippen LogP contribution in [0.3, 0.4) is 0 Å². The van der Waals surface area contributed by atoms with E-state index in [2.05, 4.69) is 19.9 Å². The fraction of sp³-hybridized carbons (Fsp3) is 0.444. The Morgan fingerprint density at radius 1 is 1.31 bits per heavy atom. The maximum atomic E-state index is 12.7. The molecule has 3 N–H and O–H groups in total. The Morgan fingerprint density at radius 2 is 2.07 bits per heavy atom. The lowest BCUT2D eigenvalue weighted by molar-refractivity contribution is 0.254. The summed E-state index contributed by atoms with van der Waals surface area (Å²) in [6.45, 7) is 4.98. The molecule has 0 fully saturated rings. The quantitative estimate of drug-likeness (QED) is 0.511. The maximum Gasteiger partial charge on any atom is 0.328 e. The van der Waals surface area contributed by atoms with Gasteiger partial charge in [0.05, 0.1) is 6.54 Å². The highest BCUT2D eigenvalue weighted by atomic mass is 31.2. The lowest BCUT2D eigenvalue weighted by Gasteiger charge is -2.11. The van der Waals surface area contributed by atoms with Crippen molar-refractivity contribution >= 4 is 29.7 Å². The summed E-state index contributed by atoms with van der Waals surface area (Å²) in [4.78, 5) is 30.0. The highest BCUT2D eigenvalue weighted by Crippen LogP contribution is 2.38. The summed E-state index contributed by atoms with van der Waals surface area (Å²) in [6, 6.07) is 3.60. The Hall–Kier alpha value is -2.71. The molecular formula is C18H26N7O3P. The number of nitrogen functional groups attached to an aromatic ring is 1. The molecule has 156 valence electrons. The molecule has 1 atom stereocenters. The molecule has 3 aromatic rings. The number of rotatable bonds is 8. The van der Waals surface area contributed by atoms with E-state index in [0.717, 1.165) is 12.1 Å². The van der Waals surface area contributed by atoms with Crippen molar-refractivity contribution in [3.63, 3.8) is 0 Å². The molecular weight excluding hydrogens is 393 g/mol. The number of nitrogens with one attached hydrogen (secondary N) is 1. The lowest BCUT2D eigenvalue weighted by Crippen LogP contribution is -2.21. The van der Waals surface area contributed by atoms with Crippen molar-refractivity contribution < 1.29 is 9.30 Å². The van der Waals surface area contributed by atoms with Gasteiger partial charge in [-0.25, -0.2) is 19.7 Å². The van der Waals surface area contributed by atoms with E-state index in [1.807, 2.05) is 32.0 Å². The number of hydrogen-bond acceptors (Lipinski definition) is 8. The van der Waals surface area contributed by atoms with E-state index in [0.29, 0.717) is 29.8 Å². The highest BCUT2D eigenvalue weighted by Gasteiger charge is 2.23. The average Bonchev–Trinajstić information content (AvgIpc) is 2.99. The van der Waals surface area contributed by atoms with Crippen LogP contribution >= 0.6 is 7.14 Å². The van der Waals surface area contributed by atoms with E-state index in [1.54, 1.807) is 18.9 Å². The maximum absolute atomic E-state index is 12.7. The normalized spacial score (nSPS) is 13.7. The molecule has 0 radical (unpaired) electrons. The van der Waals surface area contributed by atoms with Crippen molar-refractivity contribution in [2.45, 2.75) is 13.5 Å². The van der Waals surface area contributed by atoms with Gasteiger partial charge in [0.2, 0.25) is 5.88 Å². The molecule has 1 unspecified atom stereocenters. The van der Waals surface area contributed by atoms with Crippen LogP contribution < -0.4 is 21.7 Å². The smallest absolute Gasteiger partial charge is 0.328 e. The number of ether oxygens (including phenoxy) is 1. The van der Waals surface area contributed by atoms with Crippen molar-refractivity contribution in [3.8, 4) is 5.88 Å². The number of nitrogens with zero attached hydrogens (tertiary/aromatic N) is 5. The van der Waals surface area contributed by atoms with Gasteiger partial charge in [0, 0.05) is 25.0 Å². The summed E-state index contributed by atoms with van der Waals surface area (Å²) >= 11 is 0. The molecule has 0 bridgehead atoms. The van der Waals surface area contributed by atoms with Gasteiger partial charge < -0.3 is 24.9 Å². The number of aromatic nitrogens is 5. The number of nitrogens with two attached hydrogens (primary N) is 1. The number of fused-ring (bicyclic) bond motifs is 1. The van der Waals surface area contributed by atoms with Crippen molar-refractivity contribution in [3.05, 3.63) is 34.4 Å². The van der Waals surface area contributed by atoms with Gasteiger partial charge in [0.15, 0.2) is 17.0 Å². The SMILES string of the molecule is CCP(C)(=O)c1nc(N)c2[nH]c(=O)n(Cc3ccc(OCCN(C)C)nc3)c2n1. The van der Waals surface area contributed by atoms with E-state index in [9.17, 15) is 9.36 Å². The van der Waals surface area contributed by atoms with Crippen molar-refractivity contribution in [2.24, 2.45) is 0 Å². The Kier molecular flexibility index (Phi) is 6.04. The van der Waals surface area contributed by atoms with Gasteiger partial charge in [-0.15, -0.1) is 0 Å². The minimum atomic E-state index is -2.74. The highest BCUT2D eigenvalue weighted by molar-refractivity contribution is 7.70. The van der Waals surface area contributed by atoms with Crippen LogP contribution in [-0.4, -0.2) is 69.5 Å². The monoisotopic (exact) mass is 419 g/mol. The molecule has 0 aromatic carbocycles. The van der Waals surface area contributed by atoms with Crippen LogP contribution in [0.5, 0.6) is 5.88 Å². The average molecular weight is 419 g/mol. The molecule has 10 nitrogen and oxygen atoms in total. The van der Waals surface area contributed by atoms with Crippen molar-refractivity contribution in [2.75, 3.05) is 45.8 Å². The second-order valence-electron chi connectivity index (χ2n) is 7.20. The number of anilines is 1. The lowest BCUT2D eigenvalue weighted by atomic mass is 10.3. The molecule has 3 rings (SSSR count). The summed E-state index contributed by atoms with van der Waals surface area (Å²) in [5.74, 6) is 0.629. The van der Waals surface area contributed by atoms with Crippen LogP contribution in [0.1, 0.15) is 12.5 Å². The first-order valence-electron chi connectivity index (χ1n) is 9.27. The van der Waals surface area contributed by atoms with Crippen LogP contribution in [0.15, 0.2) is 23.1 Å². The standard InChI is InChI=1S/C18H26N7O3P/c1-5-29(4,27)17-22-15(19)14-16(23-17)25(18(26)21-14)11-12-6-7-13(20-10-12)28-9-8-24(2)3/h6-7,10H,5,8-9,11H2,1-4H3,(H,21,26)(H2,19,22,23). The van der Waals surface area contributed by atoms with Gasteiger partial charge >= 0.3 is 5.69 Å². The minimum Gasteiger partial charge on any atom is -0.476 e.